The first-order chi connectivity index (χ1) is 11.3. The number of halogens is 1. The third kappa shape index (κ3) is 3.09. The van der Waals surface area contributed by atoms with Crippen molar-refractivity contribution < 1.29 is 9.59 Å². The number of rotatable bonds is 3. The largest absolute Gasteiger partial charge is 0.317 e. The number of ketones is 1. The summed E-state index contributed by atoms with van der Waals surface area (Å²) in [6, 6.07) is 15.8. The van der Waals surface area contributed by atoms with Crippen molar-refractivity contribution in [3.63, 3.8) is 0 Å². The molecule has 0 saturated carbocycles. The minimum atomic E-state index is -0.499. The van der Waals surface area contributed by atoms with Crippen LogP contribution in [0.15, 0.2) is 54.6 Å². The molecule has 1 fully saturated rings. The van der Waals surface area contributed by atoms with Crippen molar-refractivity contribution in [2.75, 3.05) is 0 Å². The topological polar surface area (TPSA) is 37.1 Å². The molecule has 0 N–H and O–H groups in total. The van der Waals surface area contributed by atoms with Crippen molar-refractivity contribution in [2.24, 2.45) is 5.41 Å². The summed E-state index contributed by atoms with van der Waals surface area (Å²) in [6.07, 6.45) is 0. The van der Waals surface area contributed by atoms with Gasteiger partial charge in [0.05, 0.1) is 6.04 Å². The van der Waals surface area contributed by atoms with Gasteiger partial charge in [-0.2, -0.15) is 0 Å². The quantitative estimate of drug-likeness (QED) is 0.770. The number of Topliss-reactive ketones (excluding diaryl/α,β-unsaturated/α-hetero) is 1. The molecule has 1 saturated heterocycles. The zero-order valence-corrected chi connectivity index (χ0v) is 14.7. The molecule has 0 spiro atoms. The molecule has 4 heteroatoms. The van der Waals surface area contributed by atoms with Crippen LogP contribution in [-0.2, 0) is 4.79 Å². The number of carbonyl (C=O) groups is 2. The molecule has 3 nitrogen and oxygen atoms in total. The van der Waals surface area contributed by atoms with E-state index in [2.05, 4.69) is 0 Å². The summed E-state index contributed by atoms with van der Waals surface area (Å²) in [5.74, 6) is -0.0371. The molecular formula is C20H20ClNO2. The van der Waals surface area contributed by atoms with Crippen molar-refractivity contribution in [3.8, 4) is 0 Å². The Hall–Kier alpha value is -2.13. The molecule has 1 amide bonds. The number of nitrogens with zero attached hydrogens (tertiary/aromatic N) is 1. The molecule has 1 aliphatic heterocycles. The van der Waals surface area contributed by atoms with E-state index in [9.17, 15) is 9.59 Å². The van der Waals surface area contributed by atoms with Crippen LogP contribution in [0.1, 0.15) is 42.7 Å². The lowest BCUT2D eigenvalue weighted by Gasteiger charge is -2.16. The van der Waals surface area contributed by atoms with Crippen LogP contribution in [-0.4, -0.2) is 22.6 Å². The van der Waals surface area contributed by atoms with Crippen LogP contribution < -0.4 is 0 Å². The predicted molar refractivity (Wildman–Crippen MR) is 95.1 cm³/mol. The Kier molecular flexibility index (Phi) is 4.22. The first kappa shape index (κ1) is 16.7. The lowest BCUT2D eigenvalue weighted by molar-refractivity contribution is -0.126. The second kappa shape index (κ2) is 6.06. The smallest absolute Gasteiger partial charge is 0.255 e. The Morgan fingerprint density at radius 3 is 2.08 bits per heavy atom. The molecule has 0 radical (unpaired) electrons. The van der Waals surface area contributed by atoms with Crippen LogP contribution in [0.3, 0.4) is 0 Å². The molecule has 1 aliphatic rings. The summed E-state index contributed by atoms with van der Waals surface area (Å²) in [5.41, 5.74) is 1.04. The van der Waals surface area contributed by atoms with Crippen molar-refractivity contribution in [1.29, 1.82) is 0 Å². The number of amides is 1. The summed E-state index contributed by atoms with van der Waals surface area (Å²) in [7, 11) is 0. The molecule has 2 aromatic rings. The van der Waals surface area contributed by atoms with Crippen LogP contribution in [0.5, 0.6) is 0 Å². The van der Waals surface area contributed by atoms with Gasteiger partial charge in [0.25, 0.3) is 5.91 Å². The van der Waals surface area contributed by atoms with Gasteiger partial charge >= 0.3 is 0 Å². The van der Waals surface area contributed by atoms with Crippen molar-refractivity contribution in [3.05, 3.63) is 70.7 Å². The van der Waals surface area contributed by atoms with Crippen LogP contribution in [0, 0.1) is 5.41 Å². The normalized spacial score (nSPS) is 19.9. The van der Waals surface area contributed by atoms with Crippen LogP contribution in [0.2, 0.25) is 5.02 Å². The summed E-state index contributed by atoms with van der Waals surface area (Å²) >= 11 is 5.96. The highest BCUT2D eigenvalue weighted by Crippen LogP contribution is 2.47. The first-order valence-electron chi connectivity index (χ1n) is 7.98. The van der Waals surface area contributed by atoms with Crippen molar-refractivity contribution in [1.82, 2.24) is 4.90 Å². The van der Waals surface area contributed by atoms with Crippen LogP contribution in [0.4, 0.5) is 0 Å². The van der Waals surface area contributed by atoms with Gasteiger partial charge in [-0.15, -0.1) is 0 Å². The molecule has 3 rings (SSSR count). The van der Waals surface area contributed by atoms with E-state index in [4.69, 9.17) is 11.6 Å². The van der Waals surface area contributed by atoms with E-state index in [1.807, 2.05) is 51.1 Å². The van der Waals surface area contributed by atoms with E-state index in [0.717, 1.165) is 5.56 Å². The fourth-order valence-corrected chi connectivity index (χ4v) is 3.06. The fourth-order valence-electron chi connectivity index (χ4n) is 2.93. The minimum Gasteiger partial charge on any atom is -0.317 e. The van der Waals surface area contributed by atoms with Gasteiger partial charge in [-0.1, -0.05) is 62.7 Å². The zero-order chi connectivity index (χ0) is 17.5. The van der Waals surface area contributed by atoms with E-state index in [1.165, 1.54) is 0 Å². The van der Waals surface area contributed by atoms with E-state index >= 15 is 0 Å². The van der Waals surface area contributed by atoms with Crippen LogP contribution >= 0.6 is 11.6 Å². The summed E-state index contributed by atoms with van der Waals surface area (Å²) in [5, 5.41) is 0.638. The van der Waals surface area contributed by atoms with E-state index < -0.39 is 11.5 Å². The lowest BCUT2D eigenvalue weighted by Crippen LogP contribution is -2.29. The van der Waals surface area contributed by atoms with Gasteiger partial charge in [0.1, 0.15) is 6.04 Å². The molecule has 0 bridgehead atoms. The number of carbonyl (C=O) groups excluding carboxylic acids is 2. The maximum atomic E-state index is 12.8. The molecule has 2 unspecified atom stereocenters. The van der Waals surface area contributed by atoms with Gasteiger partial charge in [-0.25, -0.2) is 0 Å². The Balaban J connectivity index is 1.94. The molecule has 2 atom stereocenters. The average Bonchev–Trinajstić information content (AvgIpc) is 3.29. The maximum Gasteiger partial charge on any atom is 0.255 e. The predicted octanol–water partition coefficient (Wildman–Crippen LogP) is 4.52. The third-order valence-corrected chi connectivity index (χ3v) is 4.54. The molecule has 0 aromatic heterocycles. The minimum absolute atomic E-state index is 0.0757. The highest BCUT2D eigenvalue weighted by atomic mass is 35.5. The number of hydrogen-bond acceptors (Lipinski definition) is 2. The Morgan fingerprint density at radius 2 is 1.54 bits per heavy atom. The Labute approximate surface area is 147 Å². The van der Waals surface area contributed by atoms with Gasteiger partial charge < -0.3 is 4.90 Å². The Bertz CT molecular complexity index is 762. The van der Waals surface area contributed by atoms with Gasteiger partial charge in [0.2, 0.25) is 0 Å². The third-order valence-electron chi connectivity index (χ3n) is 4.28. The van der Waals surface area contributed by atoms with Gasteiger partial charge in [-0.3, -0.25) is 9.59 Å². The highest BCUT2D eigenvalue weighted by molar-refractivity contribution is 6.30. The molecule has 24 heavy (non-hydrogen) atoms. The van der Waals surface area contributed by atoms with Gasteiger partial charge in [0, 0.05) is 16.0 Å². The number of hydrogen-bond donors (Lipinski definition) is 0. The standard InChI is InChI=1S/C20H20ClNO2/c1-20(2,3)18(23)17-16(13-9-11-15(21)12-10-13)22(17)19(24)14-7-5-4-6-8-14/h4-12,16-17H,1-3H3. The molecule has 0 aliphatic carbocycles. The molecule has 1 heterocycles. The van der Waals surface area contributed by atoms with Gasteiger partial charge in [0.15, 0.2) is 5.78 Å². The second-order valence-electron chi connectivity index (χ2n) is 7.13. The van der Waals surface area contributed by atoms with E-state index in [-0.39, 0.29) is 17.7 Å². The van der Waals surface area contributed by atoms with E-state index in [1.54, 1.807) is 29.2 Å². The van der Waals surface area contributed by atoms with E-state index in [0.29, 0.717) is 10.6 Å². The zero-order valence-electron chi connectivity index (χ0n) is 14.0. The molecule has 124 valence electrons. The number of benzene rings is 2. The highest BCUT2D eigenvalue weighted by Gasteiger charge is 2.57. The van der Waals surface area contributed by atoms with Gasteiger partial charge in [-0.05, 0) is 29.8 Å². The monoisotopic (exact) mass is 341 g/mol. The fraction of sp³-hybridized carbons (Fsp3) is 0.300. The van der Waals surface area contributed by atoms with Crippen LogP contribution in [0.25, 0.3) is 0 Å². The summed E-state index contributed by atoms with van der Waals surface area (Å²) in [4.78, 5) is 27.3. The molecule has 2 aromatic carbocycles. The van der Waals surface area contributed by atoms with Crippen molar-refractivity contribution in [2.45, 2.75) is 32.9 Å². The first-order valence-corrected chi connectivity index (χ1v) is 8.36. The second-order valence-corrected chi connectivity index (χ2v) is 7.57. The average molecular weight is 342 g/mol. The summed E-state index contributed by atoms with van der Waals surface area (Å²) in [6.45, 7) is 5.66. The molecular weight excluding hydrogens is 322 g/mol. The summed E-state index contributed by atoms with van der Waals surface area (Å²) < 4.78 is 0. The SMILES string of the molecule is CC(C)(C)C(=O)C1C(c2ccc(Cl)cc2)N1C(=O)c1ccccc1. The van der Waals surface area contributed by atoms with Crippen molar-refractivity contribution >= 4 is 23.3 Å². The Morgan fingerprint density at radius 1 is 0.958 bits per heavy atom. The maximum absolute atomic E-state index is 12.8. The lowest BCUT2D eigenvalue weighted by atomic mass is 9.87.